The van der Waals surface area contributed by atoms with Crippen LogP contribution in [0.15, 0.2) is 18.5 Å². The number of nitrogens with zero attached hydrogens (tertiary/aromatic N) is 2. The van der Waals surface area contributed by atoms with Crippen molar-refractivity contribution >= 4 is 5.97 Å². The second-order valence-electron chi connectivity index (χ2n) is 3.42. The van der Waals surface area contributed by atoms with Crippen molar-refractivity contribution in [2.24, 2.45) is 0 Å². The molecule has 0 fully saturated rings. The lowest BCUT2D eigenvalue weighted by Gasteiger charge is -2.13. The Kier molecular flexibility index (Phi) is 5.52. The SMILES string of the molecule is COCC(NCCCn1cccn1)C(=O)O. The predicted octanol–water partition coefficient (Wildman–Crippen LogP) is -0.0376. The van der Waals surface area contributed by atoms with Gasteiger partial charge < -0.3 is 15.2 Å². The topological polar surface area (TPSA) is 76.4 Å². The van der Waals surface area contributed by atoms with Crippen molar-refractivity contribution in [2.45, 2.75) is 19.0 Å². The van der Waals surface area contributed by atoms with Gasteiger partial charge in [-0.2, -0.15) is 5.10 Å². The fraction of sp³-hybridized carbons (Fsp3) is 0.600. The minimum Gasteiger partial charge on any atom is -0.480 e. The van der Waals surface area contributed by atoms with Gasteiger partial charge in [-0.25, -0.2) is 0 Å². The number of aliphatic carboxylic acids is 1. The van der Waals surface area contributed by atoms with Crippen molar-refractivity contribution < 1.29 is 14.6 Å². The Morgan fingerprint density at radius 1 is 1.69 bits per heavy atom. The van der Waals surface area contributed by atoms with Crippen LogP contribution in [0.25, 0.3) is 0 Å². The molecule has 0 saturated heterocycles. The summed E-state index contributed by atoms with van der Waals surface area (Å²) in [7, 11) is 1.49. The summed E-state index contributed by atoms with van der Waals surface area (Å²) in [6.45, 7) is 1.58. The van der Waals surface area contributed by atoms with E-state index in [1.165, 1.54) is 7.11 Å². The molecule has 90 valence electrons. The minimum absolute atomic E-state index is 0.178. The third-order valence-electron chi connectivity index (χ3n) is 2.15. The minimum atomic E-state index is -0.888. The van der Waals surface area contributed by atoms with Crippen LogP contribution in [0.5, 0.6) is 0 Å². The number of rotatable bonds is 8. The summed E-state index contributed by atoms with van der Waals surface area (Å²) in [5.74, 6) is -0.888. The van der Waals surface area contributed by atoms with E-state index in [0.29, 0.717) is 6.54 Å². The lowest BCUT2D eigenvalue weighted by Crippen LogP contribution is -2.41. The highest BCUT2D eigenvalue weighted by Gasteiger charge is 2.15. The quantitative estimate of drug-likeness (QED) is 0.609. The highest BCUT2D eigenvalue weighted by Crippen LogP contribution is 1.90. The molecule has 0 radical (unpaired) electrons. The summed E-state index contributed by atoms with van der Waals surface area (Å²) < 4.78 is 6.62. The molecule has 1 heterocycles. The number of methoxy groups -OCH3 is 1. The Morgan fingerprint density at radius 3 is 3.06 bits per heavy atom. The molecule has 1 rings (SSSR count). The number of carbonyl (C=O) groups is 1. The van der Waals surface area contributed by atoms with Gasteiger partial charge in [-0.1, -0.05) is 0 Å². The van der Waals surface area contributed by atoms with Gasteiger partial charge >= 0.3 is 5.97 Å². The molecule has 16 heavy (non-hydrogen) atoms. The molecule has 0 aliphatic heterocycles. The summed E-state index contributed by atoms with van der Waals surface area (Å²) in [5.41, 5.74) is 0. The maximum atomic E-state index is 10.8. The first-order valence-corrected chi connectivity index (χ1v) is 5.16. The maximum Gasteiger partial charge on any atom is 0.323 e. The van der Waals surface area contributed by atoms with Crippen LogP contribution >= 0.6 is 0 Å². The summed E-state index contributed by atoms with van der Waals surface area (Å²) in [4.78, 5) is 10.8. The van der Waals surface area contributed by atoms with Crippen molar-refractivity contribution in [3.63, 3.8) is 0 Å². The van der Waals surface area contributed by atoms with Crippen molar-refractivity contribution in [1.29, 1.82) is 0 Å². The Labute approximate surface area is 94.2 Å². The molecule has 0 bridgehead atoms. The molecule has 1 atom stereocenters. The molecule has 0 aromatic carbocycles. The number of hydrogen-bond donors (Lipinski definition) is 2. The Balaban J connectivity index is 2.15. The zero-order valence-electron chi connectivity index (χ0n) is 9.30. The van der Waals surface area contributed by atoms with Crippen molar-refractivity contribution in [3.05, 3.63) is 18.5 Å². The first kappa shape index (κ1) is 12.7. The van der Waals surface area contributed by atoms with Crippen LogP contribution in [0, 0.1) is 0 Å². The van der Waals surface area contributed by atoms with Crippen LogP contribution in [-0.2, 0) is 16.1 Å². The molecule has 2 N–H and O–H groups in total. The largest absolute Gasteiger partial charge is 0.480 e. The van der Waals surface area contributed by atoms with Gasteiger partial charge in [-0.3, -0.25) is 9.48 Å². The average molecular weight is 227 g/mol. The van der Waals surface area contributed by atoms with E-state index in [1.807, 2.05) is 16.9 Å². The number of carboxylic acids is 1. The van der Waals surface area contributed by atoms with Crippen LogP contribution in [0.2, 0.25) is 0 Å². The van der Waals surface area contributed by atoms with Crippen LogP contribution in [0.3, 0.4) is 0 Å². The van der Waals surface area contributed by atoms with Gasteiger partial charge in [0.25, 0.3) is 0 Å². The van der Waals surface area contributed by atoms with Crippen molar-refractivity contribution in [3.8, 4) is 0 Å². The highest BCUT2D eigenvalue weighted by atomic mass is 16.5. The predicted molar refractivity (Wildman–Crippen MR) is 58.1 cm³/mol. The third-order valence-corrected chi connectivity index (χ3v) is 2.15. The zero-order valence-corrected chi connectivity index (χ0v) is 9.30. The third kappa shape index (κ3) is 4.41. The van der Waals surface area contributed by atoms with Gasteiger partial charge in [-0.05, 0) is 19.0 Å². The smallest absolute Gasteiger partial charge is 0.323 e. The molecule has 1 unspecified atom stereocenters. The first-order valence-electron chi connectivity index (χ1n) is 5.16. The van der Waals surface area contributed by atoms with Gasteiger partial charge in [0.15, 0.2) is 0 Å². The summed E-state index contributed by atoms with van der Waals surface area (Å²) in [6.07, 6.45) is 4.43. The summed E-state index contributed by atoms with van der Waals surface area (Å²) >= 11 is 0. The highest BCUT2D eigenvalue weighted by molar-refractivity contribution is 5.73. The van der Waals surface area contributed by atoms with E-state index >= 15 is 0 Å². The van der Waals surface area contributed by atoms with E-state index in [1.54, 1.807) is 6.20 Å². The number of aromatic nitrogens is 2. The Morgan fingerprint density at radius 2 is 2.50 bits per heavy atom. The number of carboxylic acid groups (broad SMARTS) is 1. The molecular formula is C10H17N3O3. The lowest BCUT2D eigenvalue weighted by molar-refractivity contribution is -0.140. The van der Waals surface area contributed by atoms with E-state index < -0.39 is 12.0 Å². The normalized spacial score (nSPS) is 12.6. The van der Waals surface area contributed by atoms with E-state index in [2.05, 4.69) is 10.4 Å². The second-order valence-corrected chi connectivity index (χ2v) is 3.42. The molecule has 0 amide bonds. The van der Waals surface area contributed by atoms with Gasteiger partial charge in [0.05, 0.1) is 6.61 Å². The van der Waals surface area contributed by atoms with Gasteiger partial charge in [0.2, 0.25) is 0 Å². The lowest BCUT2D eigenvalue weighted by atomic mass is 10.3. The van der Waals surface area contributed by atoms with Gasteiger partial charge in [-0.15, -0.1) is 0 Å². The average Bonchev–Trinajstić information content (AvgIpc) is 2.75. The van der Waals surface area contributed by atoms with Crippen molar-refractivity contribution in [2.75, 3.05) is 20.3 Å². The van der Waals surface area contributed by atoms with Gasteiger partial charge in [0, 0.05) is 26.0 Å². The Hall–Kier alpha value is -1.40. The first-order chi connectivity index (χ1) is 7.74. The van der Waals surface area contributed by atoms with Crippen LogP contribution in [0.4, 0.5) is 0 Å². The van der Waals surface area contributed by atoms with Crippen LogP contribution in [-0.4, -0.2) is 47.2 Å². The number of nitrogens with one attached hydrogen (secondary N) is 1. The summed E-state index contributed by atoms with van der Waals surface area (Å²) in [5, 5.41) is 15.8. The zero-order chi connectivity index (χ0) is 11.8. The van der Waals surface area contributed by atoms with E-state index in [0.717, 1.165) is 13.0 Å². The summed E-state index contributed by atoms with van der Waals surface area (Å²) in [6, 6.07) is 1.22. The fourth-order valence-corrected chi connectivity index (χ4v) is 1.33. The van der Waals surface area contributed by atoms with E-state index in [4.69, 9.17) is 9.84 Å². The molecule has 0 spiro atoms. The van der Waals surface area contributed by atoms with Crippen molar-refractivity contribution in [1.82, 2.24) is 15.1 Å². The number of ether oxygens (including phenoxy) is 1. The maximum absolute atomic E-state index is 10.8. The second kappa shape index (κ2) is 6.97. The molecule has 0 saturated carbocycles. The van der Waals surface area contributed by atoms with E-state index in [9.17, 15) is 4.79 Å². The molecule has 6 nitrogen and oxygen atoms in total. The monoisotopic (exact) mass is 227 g/mol. The molecule has 1 aromatic rings. The van der Waals surface area contributed by atoms with Crippen LogP contribution < -0.4 is 5.32 Å². The molecule has 6 heteroatoms. The van der Waals surface area contributed by atoms with Gasteiger partial charge in [0.1, 0.15) is 6.04 Å². The molecule has 0 aliphatic rings. The fourth-order valence-electron chi connectivity index (χ4n) is 1.33. The Bertz CT molecular complexity index is 300. The standard InChI is InChI=1S/C10H17N3O3/c1-16-8-9(10(14)15)11-4-2-6-13-7-3-5-12-13/h3,5,7,9,11H,2,4,6,8H2,1H3,(H,14,15). The molecular weight excluding hydrogens is 210 g/mol. The number of hydrogen-bond acceptors (Lipinski definition) is 4. The van der Waals surface area contributed by atoms with Crippen LogP contribution in [0.1, 0.15) is 6.42 Å². The molecule has 0 aliphatic carbocycles. The molecule has 1 aromatic heterocycles. The number of aryl methyl sites for hydroxylation is 1. The van der Waals surface area contributed by atoms with E-state index in [-0.39, 0.29) is 6.61 Å².